The van der Waals surface area contributed by atoms with Crippen LogP contribution in [0.1, 0.15) is 18.9 Å². The molecule has 0 aliphatic carbocycles. The summed E-state index contributed by atoms with van der Waals surface area (Å²) in [5.41, 5.74) is 1.50. The monoisotopic (exact) mass is 424 g/mol. The maximum atomic E-state index is 12.7. The van der Waals surface area contributed by atoms with E-state index in [1.165, 1.54) is 11.4 Å². The predicted molar refractivity (Wildman–Crippen MR) is 112 cm³/mol. The minimum absolute atomic E-state index is 0.130. The van der Waals surface area contributed by atoms with Crippen LogP contribution < -0.4 is 9.04 Å². The maximum absolute atomic E-state index is 12.7. The number of sulfonamides is 1. The van der Waals surface area contributed by atoms with E-state index < -0.39 is 16.1 Å². The van der Waals surface area contributed by atoms with Crippen molar-refractivity contribution in [1.82, 2.24) is 4.90 Å². The van der Waals surface area contributed by atoms with Crippen LogP contribution in [-0.2, 0) is 21.4 Å². The van der Waals surface area contributed by atoms with Gasteiger partial charge >= 0.3 is 0 Å². The van der Waals surface area contributed by atoms with Crippen molar-refractivity contribution in [2.24, 2.45) is 0 Å². The summed E-state index contributed by atoms with van der Waals surface area (Å²) in [5, 5.41) is 0.650. The van der Waals surface area contributed by atoms with Crippen molar-refractivity contribution in [3.05, 3.63) is 59.1 Å². The van der Waals surface area contributed by atoms with Crippen LogP contribution >= 0.6 is 11.6 Å². The fraction of sp³-hybridized carbons (Fsp3) is 0.350. The molecule has 2 aromatic carbocycles. The first kappa shape index (κ1) is 22.0. The number of likely N-dealkylation sites (N-methyl/N-ethyl adjacent to an activating group) is 1. The lowest BCUT2D eigenvalue weighted by atomic mass is 10.2. The molecule has 1 atom stereocenters. The molecule has 0 bridgehead atoms. The molecular weight excluding hydrogens is 400 g/mol. The third-order valence-electron chi connectivity index (χ3n) is 4.33. The van der Waals surface area contributed by atoms with Crippen molar-refractivity contribution in [1.29, 1.82) is 0 Å². The van der Waals surface area contributed by atoms with E-state index in [2.05, 4.69) is 0 Å². The zero-order valence-electron chi connectivity index (χ0n) is 16.4. The summed E-state index contributed by atoms with van der Waals surface area (Å²) in [6.07, 6.45) is 1.02. The number of benzene rings is 2. The number of carbonyl (C=O) groups is 1. The SMILES string of the molecule is CC[C@H](Oc1ccc(N(C)S(C)(=O)=O)cc1)C(=O)N(C)Cc1ccc(Cl)cc1. The van der Waals surface area contributed by atoms with Gasteiger partial charge in [0.25, 0.3) is 5.91 Å². The molecule has 0 aliphatic heterocycles. The van der Waals surface area contributed by atoms with Gasteiger partial charge in [-0.2, -0.15) is 0 Å². The van der Waals surface area contributed by atoms with Crippen LogP contribution in [0, 0.1) is 0 Å². The fourth-order valence-electron chi connectivity index (χ4n) is 2.59. The minimum atomic E-state index is -3.33. The average molecular weight is 425 g/mol. The molecule has 0 saturated carbocycles. The van der Waals surface area contributed by atoms with Crippen molar-refractivity contribution in [2.45, 2.75) is 26.0 Å². The van der Waals surface area contributed by atoms with E-state index in [-0.39, 0.29) is 5.91 Å². The van der Waals surface area contributed by atoms with Crippen LogP contribution in [0.4, 0.5) is 5.69 Å². The Morgan fingerprint density at radius 2 is 1.64 bits per heavy atom. The van der Waals surface area contributed by atoms with E-state index in [4.69, 9.17) is 16.3 Å². The Balaban J connectivity index is 2.04. The van der Waals surface area contributed by atoms with E-state index in [1.807, 2.05) is 19.1 Å². The van der Waals surface area contributed by atoms with E-state index in [0.717, 1.165) is 11.8 Å². The molecule has 0 radical (unpaired) electrons. The first-order valence-electron chi connectivity index (χ1n) is 8.82. The molecule has 0 aliphatic rings. The van der Waals surface area contributed by atoms with Gasteiger partial charge in [-0.15, -0.1) is 0 Å². The molecule has 0 aromatic heterocycles. The molecule has 152 valence electrons. The molecule has 6 nitrogen and oxygen atoms in total. The number of nitrogens with zero attached hydrogens (tertiary/aromatic N) is 2. The Bertz CT molecular complexity index is 899. The first-order chi connectivity index (χ1) is 13.1. The van der Waals surface area contributed by atoms with Crippen molar-refractivity contribution < 1.29 is 17.9 Å². The number of hydrogen-bond acceptors (Lipinski definition) is 4. The second-order valence-corrected chi connectivity index (χ2v) is 9.01. The van der Waals surface area contributed by atoms with Crippen LogP contribution in [0.3, 0.4) is 0 Å². The third-order valence-corrected chi connectivity index (χ3v) is 5.79. The zero-order chi connectivity index (χ0) is 20.9. The largest absolute Gasteiger partial charge is 0.481 e. The van der Waals surface area contributed by atoms with Gasteiger partial charge in [0.15, 0.2) is 6.10 Å². The van der Waals surface area contributed by atoms with Gasteiger partial charge in [0.1, 0.15) is 5.75 Å². The van der Waals surface area contributed by atoms with Crippen molar-refractivity contribution >= 4 is 33.2 Å². The van der Waals surface area contributed by atoms with E-state index in [0.29, 0.717) is 29.4 Å². The highest BCUT2D eigenvalue weighted by molar-refractivity contribution is 7.92. The molecular formula is C20H25ClN2O4S. The summed E-state index contributed by atoms with van der Waals surface area (Å²) in [6.45, 7) is 2.33. The highest BCUT2D eigenvalue weighted by Gasteiger charge is 2.22. The Hall–Kier alpha value is -2.25. The van der Waals surface area contributed by atoms with E-state index in [1.54, 1.807) is 48.3 Å². The van der Waals surface area contributed by atoms with E-state index in [9.17, 15) is 13.2 Å². The zero-order valence-corrected chi connectivity index (χ0v) is 18.0. The Morgan fingerprint density at radius 1 is 1.07 bits per heavy atom. The molecule has 0 N–H and O–H groups in total. The maximum Gasteiger partial charge on any atom is 0.263 e. The highest BCUT2D eigenvalue weighted by atomic mass is 35.5. The van der Waals surface area contributed by atoms with Crippen LogP contribution in [0.2, 0.25) is 5.02 Å². The number of hydrogen-bond donors (Lipinski definition) is 0. The molecule has 0 heterocycles. The summed E-state index contributed by atoms with van der Waals surface area (Å²) in [4.78, 5) is 14.4. The second kappa shape index (κ2) is 9.30. The minimum Gasteiger partial charge on any atom is -0.481 e. The topological polar surface area (TPSA) is 66.9 Å². The molecule has 0 fully saturated rings. The van der Waals surface area contributed by atoms with Crippen LogP contribution in [0.25, 0.3) is 0 Å². The van der Waals surface area contributed by atoms with Gasteiger partial charge in [0.2, 0.25) is 10.0 Å². The Labute approximate surface area is 171 Å². The fourth-order valence-corrected chi connectivity index (χ4v) is 3.22. The van der Waals surface area contributed by atoms with Crippen molar-refractivity contribution in [2.75, 3.05) is 24.7 Å². The first-order valence-corrected chi connectivity index (χ1v) is 11.0. The number of amides is 1. The number of anilines is 1. The van der Waals surface area contributed by atoms with Crippen LogP contribution in [0.5, 0.6) is 5.75 Å². The smallest absolute Gasteiger partial charge is 0.263 e. The molecule has 28 heavy (non-hydrogen) atoms. The number of carbonyl (C=O) groups excluding carboxylic acids is 1. The summed E-state index contributed by atoms with van der Waals surface area (Å²) in [7, 11) is -0.119. The summed E-state index contributed by atoms with van der Waals surface area (Å²) in [6, 6.07) is 13.9. The molecule has 0 saturated heterocycles. The quantitative estimate of drug-likeness (QED) is 0.649. The lowest BCUT2D eigenvalue weighted by molar-refractivity contribution is -0.138. The van der Waals surface area contributed by atoms with Gasteiger partial charge in [0, 0.05) is 25.7 Å². The Kier molecular flexibility index (Phi) is 7.32. The van der Waals surface area contributed by atoms with Gasteiger partial charge < -0.3 is 9.64 Å². The lowest BCUT2D eigenvalue weighted by Crippen LogP contribution is -2.39. The summed E-state index contributed by atoms with van der Waals surface area (Å²) >= 11 is 5.89. The number of ether oxygens (including phenoxy) is 1. The van der Waals surface area contributed by atoms with Crippen molar-refractivity contribution in [3.8, 4) is 5.75 Å². The standard InChI is InChI=1S/C20H25ClN2O4S/c1-5-19(20(24)22(2)14-15-6-8-16(21)9-7-15)27-18-12-10-17(11-13-18)23(3)28(4,25)26/h6-13,19H,5,14H2,1-4H3/t19-/m0/s1. The highest BCUT2D eigenvalue weighted by Crippen LogP contribution is 2.22. The van der Waals surface area contributed by atoms with Gasteiger partial charge in [-0.3, -0.25) is 9.10 Å². The normalized spacial score (nSPS) is 12.3. The lowest BCUT2D eigenvalue weighted by Gasteiger charge is -2.24. The molecule has 0 unspecified atom stereocenters. The van der Waals surface area contributed by atoms with Crippen LogP contribution in [0.15, 0.2) is 48.5 Å². The summed E-state index contributed by atoms with van der Waals surface area (Å²) < 4.78 is 30.2. The molecule has 2 rings (SSSR count). The molecule has 8 heteroatoms. The third kappa shape index (κ3) is 5.87. The Morgan fingerprint density at radius 3 is 2.14 bits per heavy atom. The molecule has 2 aromatic rings. The second-order valence-electron chi connectivity index (χ2n) is 6.56. The van der Waals surface area contributed by atoms with Crippen LogP contribution in [-0.4, -0.2) is 45.7 Å². The summed E-state index contributed by atoms with van der Waals surface area (Å²) in [5.74, 6) is 0.375. The number of halogens is 1. The average Bonchev–Trinajstić information content (AvgIpc) is 2.66. The number of rotatable bonds is 8. The van der Waals surface area contributed by atoms with Gasteiger partial charge in [-0.05, 0) is 48.4 Å². The van der Waals surface area contributed by atoms with E-state index >= 15 is 0 Å². The van der Waals surface area contributed by atoms with Gasteiger partial charge in [-0.25, -0.2) is 8.42 Å². The van der Waals surface area contributed by atoms with Gasteiger partial charge in [0.05, 0.1) is 11.9 Å². The predicted octanol–water partition coefficient (Wildman–Crippen LogP) is 3.55. The molecule has 1 amide bonds. The molecule has 0 spiro atoms. The van der Waals surface area contributed by atoms with Crippen molar-refractivity contribution in [3.63, 3.8) is 0 Å². The van der Waals surface area contributed by atoms with Gasteiger partial charge in [-0.1, -0.05) is 30.7 Å².